The number of amides is 1. The van der Waals surface area contributed by atoms with E-state index in [0.29, 0.717) is 6.54 Å². The van der Waals surface area contributed by atoms with E-state index in [4.69, 9.17) is 0 Å². The first-order valence-electron chi connectivity index (χ1n) is 8.37. The highest BCUT2D eigenvalue weighted by Crippen LogP contribution is 2.31. The summed E-state index contributed by atoms with van der Waals surface area (Å²) < 4.78 is 37.7. The molecule has 2 rings (SSSR count). The first-order chi connectivity index (χ1) is 11.2. The molecule has 1 saturated carbocycles. The molecule has 1 aliphatic carbocycles. The topological polar surface area (TPSA) is 32.3 Å². The van der Waals surface area contributed by atoms with Crippen molar-refractivity contribution in [2.24, 2.45) is 0 Å². The number of nitrogens with zero attached hydrogens (tertiary/aromatic N) is 1. The summed E-state index contributed by atoms with van der Waals surface area (Å²) in [5.41, 5.74) is -0.559. The highest BCUT2D eigenvalue weighted by atomic mass is 19.4. The lowest BCUT2D eigenvalue weighted by Gasteiger charge is -2.39. The maximum absolute atomic E-state index is 12.6. The van der Waals surface area contributed by atoms with Crippen LogP contribution in [-0.4, -0.2) is 37.0 Å². The highest BCUT2D eigenvalue weighted by molar-refractivity contribution is 5.94. The smallest absolute Gasteiger partial charge is 0.350 e. The van der Waals surface area contributed by atoms with Crippen LogP contribution in [0.4, 0.5) is 13.2 Å². The zero-order valence-corrected chi connectivity index (χ0v) is 14.2. The molecule has 0 heterocycles. The average Bonchev–Trinajstić information content (AvgIpc) is 2.78. The van der Waals surface area contributed by atoms with Gasteiger partial charge in [0, 0.05) is 17.6 Å². The molecule has 6 heteroatoms. The molecule has 0 aromatic heterocycles. The van der Waals surface area contributed by atoms with Crippen molar-refractivity contribution in [2.75, 3.05) is 20.6 Å². The summed E-state index contributed by atoms with van der Waals surface area (Å²) in [7, 11) is 4.05. The number of nitrogens with one attached hydrogen (secondary N) is 1. The van der Waals surface area contributed by atoms with Crippen LogP contribution >= 0.6 is 0 Å². The van der Waals surface area contributed by atoms with Gasteiger partial charge < -0.3 is 10.2 Å². The maximum atomic E-state index is 12.6. The number of hydrogen-bond donors (Lipinski definition) is 1. The Balaban J connectivity index is 2.03. The van der Waals surface area contributed by atoms with Crippen LogP contribution in [0.25, 0.3) is 0 Å². The summed E-state index contributed by atoms with van der Waals surface area (Å²) in [6.07, 6.45) is 2.35. The monoisotopic (exact) mass is 342 g/mol. The molecule has 1 N–H and O–H groups in total. The average molecular weight is 342 g/mol. The fourth-order valence-electron chi connectivity index (χ4n) is 3.33. The Bertz CT molecular complexity index is 544. The van der Waals surface area contributed by atoms with Crippen LogP contribution in [-0.2, 0) is 6.18 Å². The van der Waals surface area contributed by atoms with Crippen LogP contribution < -0.4 is 5.32 Å². The second-order valence-corrected chi connectivity index (χ2v) is 6.79. The lowest BCUT2D eigenvalue weighted by Crippen LogP contribution is -2.52. The van der Waals surface area contributed by atoms with Gasteiger partial charge in [-0.25, -0.2) is 0 Å². The Labute approximate surface area is 141 Å². The van der Waals surface area contributed by atoms with Crippen LogP contribution in [0.1, 0.15) is 54.4 Å². The molecule has 1 aromatic carbocycles. The number of alkyl halides is 3. The predicted molar refractivity (Wildman–Crippen MR) is 87.9 cm³/mol. The van der Waals surface area contributed by atoms with Gasteiger partial charge in [-0.3, -0.25) is 4.79 Å². The van der Waals surface area contributed by atoms with E-state index in [-0.39, 0.29) is 17.0 Å². The number of halogens is 3. The molecule has 0 unspecified atom stereocenters. The molecule has 0 spiro atoms. The molecule has 1 amide bonds. The summed E-state index contributed by atoms with van der Waals surface area (Å²) in [5.74, 6) is -0.325. The molecule has 0 radical (unpaired) electrons. The van der Waals surface area contributed by atoms with Crippen molar-refractivity contribution in [3.63, 3.8) is 0 Å². The first kappa shape index (κ1) is 18.8. The van der Waals surface area contributed by atoms with E-state index in [1.54, 1.807) is 0 Å². The number of benzene rings is 1. The van der Waals surface area contributed by atoms with Crippen molar-refractivity contribution in [1.82, 2.24) is 10.2 Å². The number of rotatable bonds is 4. The minimum Gasteiger partial charge on any atom is -0.350 e. The lowest BCUT2D eigenvalue weighted by molar-refractivity contribution is -0.137. The van der Waals surface area contributed by atoms with Gasteiger partial charge in [-0.05, 0) is 51.2 Å². The zero-order valence-electron chi connectivity index (χ0n) is 14.2. The Kier molecular flexibility index (Phi) is 5.91. The van der Waals surface area contributed by atoms with E-state index in [1.807, 2.05) is 14.1 Å². The van der Waals surface area contributed by atoms with Crippen molar-refractivity contribution in [1.29, 1.82) is 0 Å². The van der Waals surface area contributed by atoms with Crippen molar-refractivity contribution >= 4 is 5.91 Å². The molecular formula is C18H25F3N2O. The highest BCUT2D eigenvalue weighted by Gasteiger charge is 2.34. The van der Waals surface area contributed by atoms with Gasteiger partial charge in [-0.15, -0.1) is 0 Å². The predicted octanol–water partition coefficient (Wildman–Crippen LogP) is 4.09. The van der Waals surface area contributed by atoms with Crippen LogP contribution in [0.3, 0.4) is 0 Å². The van der Waals surface area contributed by atoms with E-state index in [9.17, 15) is 18.0 Å². The third kappa shape index (κ3) is 4.50. The summed E-state index contributed by atoms with van der Waals surface area (Å²) in [6, 6.07) is 4.35. The van der Waals surface area contributed by atoms with Gasteiger partial charge >= 0.3 is 6.18 Å². The Morgan fingerprint density at radius 3 is 2.08 bits per heavy atom. The molecule has 0 bridgehead atoms. The normalized spacial score (nSPS) is 18.2. The fourth-order valence-corrected chi connectivity index (χ4v) is 3.33. The van der Waals surface area contributed by atoms with E-state index in [2.05, 4.69) is 10.2 Å². The fraction of sp³-hybridized carbons (Fsp3) is 0.611. The van der Waals surface area contributed by atoms with Gasteiger partial charge in [0.15, 0.2) is 0 Å². The molecule has 0 atom stereocenters. The molecule has 1 fully saturated rings. The standard InChI is InChI=1S/C18H25F3N2O/c1-23(2)17(11-5-3-4-6-12-17)13-22-16(24)14-7-9-15(10-8-14)18(19,20)21/h7-10H,3-6,11-13H2,1-2H3,(H,22,24). The minimum absolute atomic E-state index is 0.0714. The van der Waals surface area contributed by atoms with Gasteiger partial charge in [0.1, 0.15) is 0 Å². The molecule has 1 aromatic rings. The largest absolute Gasteiger partial charge is 0.416 e. The van der Waals surface area contributed by atoms with Crippen LogP contribution in [0.5, 0.6) is 0 Å². The van der Waals surface area contributed by atoms with Gasteiger partial charge in [0.05, 0.1) is 5.56 Å². The van der Waals surface area contributed by atoms with Crippen LogP contribution in [0, 0.1) is 0 Å². The van der Waals surface area contributed by atoms with Crippen molar-refractivity contribution in [3.8, 4) is 0 Å². The molecule has 134 valence electrons. The third-order valence-electron chi connectivity index (χ3n) is 5.04. The maximum Gasteiger partial charge on any atom is 0.416 e. The van der Waals surface area contributed by atoms with E-state index in [0.717, 1.165) is 37.8 Å². The summed E-state index contributed by atoms with van der Waals surface area (Å²) in [4.78, 5) is 14.5. The molecular weight excluding hydrogens is 317 g/mol. The molecule has 0 aliphatic heterocycles. The van der Waals surface area contributed by atoms with Gasteiger partial charge in [0.25, 0.3) is 5.91 Å². The molecule has 1 aliphatic rings. The van der Waals surface area contributed by atoms with E-state index >= 15 is 0 Å². The Morgan fingerprint density at radius 1 is 1.08 bits per heavy atom. The van der Waals surface area contributed by atoms with E-state index < -0.39 is 11.7 Å². The quantitative estimate of drug-likeness (QED) is 0.836. The zero-order chi connectivity index (χ0) is 17.8. The minimum atomic E-state index is -4.38. The molecule has 0 saturated heterocycles. The second-order valence-electron chi connectivity index (χ2n) is 6.79. The third-order valence-corrected chi connectivity index (χ3v) is 5.04. The Hall–Kier alpha value is -1.56. The van der Waals surface area contributed by atoms with Gasteiger partial charge in [0.2, 0.25) is 0 Å². The van der Waals surface area contributed by atoms with Gasteiger partial charge in [-0.2, -0.15) is 13.2 Å². The van der Waals surface area contributed by atoms with Crippen LogP contribution in [0.15, 0.2) is 24.3 Å². The summed E-state index contributed by atoms with van der Waals surface area (Å²) in [6.45, 7) is 0.514. The summed E-state index contributed by atoms with van der Waals surface area (Å²) in [5, 5.41) is 2.91. The first-order valence-corrected chi connectivity index (χ1v) is 8.37. The summed E-state index contributed by atoms with van der Waals surface area (Å²) >= 11 is 0. The molecule has 3 nitrogen and oxygen atoms in total. The lowest BCUT2D eigenvalue weighted by atomic mass is 9.88. The Morgan fingerprint density at radius 2 is 1.62 bits per heavy atom. The molecule has 24 heavy (non-hydrogen) atoms. The van der Waals surface area contributed by atoms with Crippen LogP contribution in [0.2, 0.25) is 0 Å². The number of likely N-dealkylation sites (N-methyl/N-ethyl adjacent to an activating group) is 1. The number of carbonyl (C=O) groups is 1. The van der Waals surface area contributed by atoms with E-state index in [1.165, 1.54) is 25.0 Å². The second kappa shape index (κ2) is 7.55. The number of hydrogen-bond acceptors (Lipinski definition) is 2. The van der Waals surface area contributed by atoms with Gasteiger partial charge in [-0.1, -0.05) is 25.7 Å². The van der Waals surface area contributed by atoms with Crippen molar-refractivity contribution in [2.45, 2.75) is 50.2 Å². The van der Waals surface area contributed by atoms with Crippen molar-refractivity contribution < 1.29 is 18.0 Å². The SMILES string of the molecule is CN(C)C1(CNC(=O)c2ccc(C(F)(F)F)cc2)CCCCCC1. The number of carbonyl (C=O) groups excluding carboxylic acids is 1. The van der Waals surface area contributed by atoms with Crippen molar-refractivity contribution in [3.05, 3.63) is 35.4 Å².